The number of quaternary nitrogens is 2. The van der Waals surface area contributed by atoms with Gasteiger partial charge in [-0.1, -0.05) is 13.8 Å². The van der Waals surface area contributed by atoms with Crippen LogP contribution in [-0.2, 0) is 4.74 Å². The van der Waals surface area contributed by atoms with Crippen LogP contribution in [0.15, 0.2) is 0 Å². The number of ether oxygens (including phenoxy) is 1. The highest BCUT2D eigenvalue weighted by Crippen LogP contribution is 2.09. The van der Waals surface area contributed by atoms with Crippen molar-refractivity contribution in [2.24, 2.45) is 0 Å². The van der Waals surface area contributed by atoms with Gasteiger partial charge in [-0.3, -0.25) is 0 Å². The van der Waals surface area contributed by atoms with Crippen LogP contribution >= 0.6 is 11.8 Å². The molecule has 0 heterocycles. The van der Waals surface area contributed by atoms with Crippen molar-refractivity contribution in [3.8, 4) is 0 Å². The second-order valence-electron chi connectivity index (χ2n) is 7.87. The standard InChI is InChI=1S/C8H20NO.C8H20NS/c2*1-8(2)10-7-6-9(3,4)5/h2*8H,6-7H2,1-5H3/q2*+1. The Labute approximate surface area is 132 Å². The molecule has 20 heavy (non-hydrogen) atoms. The molecule has 0 atom stereocenters. The first-order chi connectivity index (χ1) is 8.83. The largest absolute Gasteiger partial charge is 0.373 e. The van der Waals surface area contributed by atoms with Crippen LogP contribution in [-0.4, -0.2) is 88.1 Å². The number of likely N-dealkylation sites (N-methyl/N-ethyl adjacent to an activating group) is 1. The molecule has 4 heteroatoms. The van der Waals surface area contributed by atoms with Gasteiger partial charge in [0.25, 0.3) is 0 Å². The molecule has 0 aromatic carbocycles. The topological polar surface area (TPSA) is 9.23 Å². The molecule has 0 aromatic heterocycles. The summed E-state index contributed by atoms with van der Waals surface area (Å²) in [6, 6.07) is 0. The van der Waals surface area contributed by atoms with Crippen molar-refractivity contribution in [1.82, 2.24) is 0 Å². The first-order valence-corrected chi connectivity index (χ1v) is 8.72. The summed E-state index contributed by atoms with van der Waals surface area (Å²) in [5, 5.41) is 0.784. The van der Waals surface area contributed by atoms with Crippen LogP contribution < -0.4 is 0 Å². The van der Waals surface area contributed by atoms with Gasteiger partial charge in [0.1, 0.15) is 6.54 Å². The van der Waals surface area contributed by atoms with Crippen LogP contribution in [0.25, 0.3) is 0 Å². The van der Waals surface area contributed by atoms with E-state index in [1.165, 1.54) is 12.3 Å². The highest BCUT2D eigenvalue weighted by atomic mass is 32.2. The van der Waals surface area contributed by atoms with Crippen molar-refractivity contribution in [2.45, 2.75) is 39.0 Å². The van der Waals surface area contributed by atoms with E-state index in [9.17, 15) is 0 Å². The predicted octanol–water partition coefficient (Wildman–Crippen LogP) is 2.95. The van der Waals surface area contributed by atoms with Gasteiger partial charge in [0.2, 0.25) is 0 Å². The van der Waals surface area contributed by atoms with Gasteiger partial charge >= 0.3 is 0 Å². The Bertz CT molecular complexity index is 193. The van der Waals surface area contributed by atoms with Crippen LogP contribution in [0, 0.1) is 0 Å². The summed E-state index contributed by atoms with van der Waals surface area (Å²) in [5.74, 6) is 1.28. The van der Waals surface area contributed by atoms with Crippen molar-refractivity contribution >= 4 is 11.8 Å². The Morgan fingerprint density at radius 3 is 1.55 bits per heavy atom. The van der Waals surface area contributed by atoms with Crippen molar-refractivity contribution in [3.63, 3.8) is 0 Å². The zero-order valence-electron chi connectivity index (χ0n) is 15.7. The number of hydrogen-bond acceptors (Lipinski definition) is 2. The highest BCUT2D eigenvalue weighted by Gasteiger charge is 2.06. The van der Waals surface area contributed by atoms with Gasteiger partial charge in [-0.05, 0) is 19.1 Å². The van der Waals surface area contributed by atoms with Crippen LogP contribution in [0.3, 0.4) is 0 Å². The smallest absolute Gasteiger partial charge is 0.102 e. The van der Waals surface area contributed by atoms with Gasteiger partial charge in [0.05, 0.1) is 61.5 Å². The SMILES string of the molecule is CC(C)OCC[N+](C)(C)C.CC(C)SCC[N+](C)(C)C. The van der Waals surface area contributed by atoms with E-state index in [1.807, 2.05) is 11.8 Å². The normalized spacial score (nSPS) is 12.6. The molecule has 0 aliphatic carbocycles. The van der Waals surface area contributed by atoms with Crippen molar-refractivity contribution in [3.05, 3.63) is 0 Å². The minimum Gasteiger partial charge on any atom is -0.373 e. The maximum Gasteiger partial charge on any atom is 0.102 e. The molecule has 124 valence electrons. The molecule has 0 amide bonds. The lowest BCUT2D eigenvalue weighted by Crippen LogP contribution is -2.38. The Morgan fingerprint density at radius 2 is 1.25 bits per heavy atom. The van der Waals surface area contributed by atoms with Gasteiger partial charge in [0, 0.05) is 5.75 Å². The van der Waals surface area contributed by atoms with E-state index < -0.39 is 0 Å². The van der Waals surface area contributed by atoms with Crippen LogP contribution in [0.4, 0.5) is 0 Å². The van der Waals surface area contributed by atoms with E-state index in [0.717, 1.165) is 27.4 Å². The molecular weight excluding hydrogens is 268 g/mol. The molecule has 0 fully saturated rings. The van der Waals surface area contributed by atoms with E-state index >= 15 is 0 Å². The summed E-state index contributed by atoms with van der Waals surface area (Å²) < 4.78 is 7.46. The molecule has 0 radical (unpaired) electrons. The molecular formula is C16H40N2OS+2. The Kier molecular flexibility index (Phi) is 12.3. The summed E-state index contributed by atoms with van der Waals surface area (Å²) in [4.78, 5) is 0. The molecule has 0 N–H and O–H groups in total. The number of hydrogen-bond donors (Lipinski definition) is 0. The molecule has 0 aromatic rings. The minimum atomic E-state index is 0.367. The van der Waals surface area contributed by atoms with E-state index in [-0.39, 0.29) is 0 Å². The van der Waals surface area contributed by atoms with Crippen molar-refractivity contribution in [1.29, 1.82) is 0 Å². The fourth-order valence-corrected chi connectivity index (χ4v) is 2.25. The minimum absolute atomic E-state index is 0.367. The predicted molar refractivity (Wildman–Crippen MR) is 94.5 cm³/mol. The lowest BCUT2D eigenvalue weighted by atomic mass is 10.5. The molecule has 0 aliphatic rings. The second-order valence-corrected chi connectivity index (χ2v) is 9.55. The molecule has 3 nitrogen and oxygen atoms in total. The van der Waals surface area contributed by atoms with Gasteiger partial charge in [-0.25, -0.2) is 0 Å². The number of thioether (sulfide) groups is 1. The summed E-state index contributed by atoms with van der Waals surface area (Å²) in [5.41, 5.74) is 0. The highest BCUT2D eigenvalue weighted by molar-refractivity contribution is 7.99. The van der Waals surface area contributed by atoms with Crippen LogP contribution in [0.1, 0.15) is 27.7 Å². The van der Waals surface area contributed by atoms with Gasteiger partial charge in [-0.15, -0.1) is 0 Å². The monoisotopic (exact) mass is 308 g/mol. The lowest BCUT2D eigenvalue weighted by Gasteiger charge is -2.24. The first-order valence-electron chi connectivity index (χ1n) is 7.67. The third-order valence-corrected chi connectivity index (χ3v) is 3.51. The summed E-state index contributed by atoms with van der Waals surface area (Å²) >= 11 is 2.04. The molecule has 0 unspecified atom stereocenters. The summed E-state index contributed by atoms with van der Waals surface area (Å²) in [6.07, 6.45) is 0.367. The van der Waals surface area contributed by atoms with E-state index in [1.54, 1.807) is 0 Å². The van der Waals surface area contributed by atoms with E-state index in [2.05, 4.69) is 70.0 Å². The Morgan fingerprint density at radius 1 is 0.800 bits per heavy atom. The molecule has 0 aliphatic heterocycles. The third-order valence-electron chi connectivity index (χ3n) is 2.43. The molecule has 0 bridgehead atoms. The summed E-state index contributed by atoms with van der Waals surface area (Å²) in [7, 11) is 13.2. The first kappa shape index (κ1) is 22.5. The number of nitrogens with zero attached hydrogens (tertiary/aromatic N) is 2. The molecule has 0 rings (SSSR count). The quantitative estimate of drug-likeness (QED) is 0.638. The van der Waals surface area contributed by atoms with Gasteiger partial charge < -0.3 is 13.7 Å². The average Bonchev–Trinajstić information content (AvgIpc) is 2.12. The fourth-order valence-electron chi connectivity index (χ4n) is 1.12. The fraction of sp³-hybridized carbons (Fsp3) is 1.00. The molecule has 0 saturated carbocycles. The zero-order valence-corrected chi connectivity index (χ0v) is 16.5. The maximum atomic E-state index is 5.40. The van der Waals surface area contributed by atoms with Crippen molar-refractivity contribution in [2.75, 3.05) is 67.7 Å². The average molecular weight is 309 g/mol. The second kappa shape index (κ2) is 10.9. The Balaban J connectivity index is 0. The molecule has 0 spiro atoms. The van der Waals surface area contributed by atoms with Gasteiger partial charge in [-0.2, -0.15) is 11.8 Å². The molecule has 0 saturated heterocycles. The van der Waals surface area contributed by atoms with Crippen LogP contribution in [0.2, 0.25) is 0 Å². The van der Waals surface area contributed by atoms with E-state index in [4.69, 9.17) is 4.74 Å². The van der Waals surface area contributed by atoms with Gasteiger partial charge in [0.15, 0.2) is 0 Å². The van der Waals surface area contributed by atoms with E-state index in [0.29, 0.717) is 6.10 Å². The maximum absolute atomic E-state index is 5.40. The van der Waals surface area contributed by atoms with Crippen LogP contribution in [0.5, 0.6) is 0 Å². The van der Waals surface area contributed by atoms with Crippen molar-refractivity contribution < 1.29 is 13.7 Å². The zero-order chi connectivity index (χ0) is 16.4. The number of rotatable bonds is 8. The summed E-state index contributed by atoms with van der Waals surface area (Å²) in [6.45, 7) is 11.8. The Hall–Kier alpha value is 0.230. The lowest BCUT2D eigenvalue weighted by molar-refractivity contribution is -0.870. The third kappa shape index (κ3) is 26.7.